The molecule has 148 valence electrons. The lowest BCUT2D eigenvalue weighted by atomic mass is 10.1. The molecule has 0 aromatic heterocycles. The van der Waals surface area contributed by atoms with Gasteiger partial charge in [0.05, 0.1) is 6.04 Å². The molecule has 0 radical (unpaired) electrons. The quantitative estimate of drug-likeness (QED) is 0.644. The van der Waals surface area contributed by atoms with Crippen LogP contribution in [0.25, 0.3) is 0 Å². The molecule has 0 fully saturated rings. The molecule has 0 spiro atoms. The molecule has 0 aliphatic rings. The molecule has 0 aliphatic carbocycles. The Morgan fingerprint density at radius 1 is 1.04 bits per heavy atom. The second-order valence-corrected chi connectivity index (χ2v) is 6.33. The molecule has 28 heavy (non-hydrogen) atoms. The predicted octanol–water partition coefficient (Wildman–Crippen LogP) is 3.00. The van der Waals surface area contributed by atoms with Crippen LogP contribution in [-0.2, 0) is 9.59 Å². The standard InChI is InChI=1S/C21H23NO6/c1-13(16-7-9-18(10-8-16)27-12-20(24)25)22-21(26)15(3)28-19-6-4-5-17(11-19)14(2)23/h4-11,13,15H,12H2,1-3H3,(H,22,26)(H,24,25). The van der Waals surface area contributed by atoms with E-state index in [0.29, 0.717) is 17.1 Å². The average molecular weight is 385 g/mol. The highest BCUT2D eigenvalue weighted by molar-refractivity contribution is 5.94. The van der Waals surface area contributed by atoms with Gasteiger partial charge in [0.25, 0.3) is 5.91 Å². The summed E-state index contributed by atoms with van der Waals surface area (Å²) in [6.45, 7) is 4.51. The lowest BCUT2D eigenvalue weighted by molar-refractivity contribution is -0.139. The molecule has 2 unspecified atom stereocenters. The number of benzene rings is 2. The van der Waals surface area contributed by atoms with Crippen LogP contribution >= 0.6 is 0 Å². The highest BCUT2D eigenvalue weighted by atomic mass is 16.5. The van der Waals surface area contributed by atoms with Crippen molar-refractivity contribution in [3.8, 4) is 11.5 Å². The molecule has 2 atom stereocenters. The maximum atomic E-state index is 12.4. The zero-order valence-corrected chi connectivity index (χ0v) is 16.0. The molecule has 0 saturated heterocycles. The number of carbonyl (C=O) groups is 3. The van der Waals surface area contributed by atoms with Gasteiger partial charge in [0.15, 0.2) is 18.5 Å². The Morgan fingerprint density at radius 2 is 1.71 bits per heavy atom. The highest BCUT2D eigenvalue weighted by Crippen LogP contribution is 2.19. The Bertz CT molecular complexity index is 846. The van der Waals surface area contributed by atoms with E-state index in [0.717, 1.165) is 5.56 Å². The van der Waals surface area contributed by atoms with Gasteiger partial charge in [-0.15, -0.1) is 0 Å². The van der Waals surface area contributed by atoms with E-state index in [2.05, 4.69) is 5.32 Å². The van der Waals surface area contributed by atoms with Gasteiger partial charge >= 0.3 is 5.97 Å². The number of amides is 1. The Hall–Kier alpha value is -3.35. The van der Waals surface area contributed by atoms with Gasteiger partial charge in [0.2, 0.25) is 0 Å². The smallest absolute Gasteiger partial charge is 0.341 e. The van der Waals surface area contributed by atoms with Crippen molar-refractivity contribution in [1.82, 2.24) is 5.32 Å². The molecular formula is C21H23NO6. The van der Waals surface area contributed by atoms with Crippen molar-refractivity contribution >= 4 is 17.7 Å². The number of hydrogen-bond donors (Lipinski definition) is 2. The van der Waals surface area contributed by atoms with Gasteiger partial charge in [0.1, 0.15) is 11.5 Å². The largest absolute Gasteiger partial charge is 0.482 e. The number of carbonyl (C=O) groups excluding carboxylic acids is 2. The maximum Gasteiger partial charge on any atom is 0.341 e. The second kappa shape index (κ2) is 9.55. The fourth-order valence-electron chi connectivity index (χ4n) is 2.46. The van der Waals surface area contributed by atoms with Gasteiger partial charge in [0, 0.05) is 5.56 Å². The van der Waals surface area contributed by atoms with Crippen LogP contribution in [0.1, 0.15) is 42.7 Å². The molecular weight excluding hydrogens is 362 g/mol. The van der Waals surface area contributed by atoms with Gasteiger partial charge in [-0.2, -0.15) is 0 Å². The fourth-order valence-corrected chi connectivity index (χ4v) is 2.46. The van der Waals surface area contributed by atoms with Gasteiger partial charge in [-0.1, -0.05) is 24.3 Å². The number of ketones is 1. The van der Waals surface area contributed by atoms with Gasteiger partial charge in [-0.3, -0.25) is 9.59 Å². The van der Waals surface area contributed by atoms with Crippen molar-refractivity contribution in [3.05, 3.63) is 59.7 Å². The van der Waals surface area contributed by atoms with Crippen LogP contribution in [0.5, 0.6) is 11.5 Å². The molecule has 2 aromatic rings. The third kappa shape index (κ3) is 6.12. The fraction of sp³-hybridized carbons (Fsp3) is 0.286. The summed E-state index contributed by atoms with van der Waals surface area (Å²) in [4.78, 5) is 34.4. The van der Waals surface area contributed by atoms with Gasteiger partial charge in [-0.05, 0) is 50.6 Å². The number of nitrogens with one attached hydrogen (secondary N) is 1. The van der Waals surface area contributed by atoms with Crippen LogP contribution in [0, 0.1) is 0 Å². The summed E-state index contributed by atoms with van der Waals surface area (Å²) >= 11 is 0. The number of Topliss-reactive ketones (excluding diaryl/α,β-unsaturated/α-hetero) is 1. The van der Waals surface area contributed by atoms with Gasteiger partial charge < -0.3 is 19.9 Å². The minimum atomic E-state index is -1.05. The first-order valence-electron chi connectivity index (χ1n) is 8.79. The van der Waals surface area contributed by atoms with E-state index >= 15 is 0 Å². The minimum absolute atomic E-state index is 0.0769. The van der Waals surface area contributed by atoms with Crippen molar-refractivity contribution in [1.29, 1.82) is 0 Å². The summed E-state index contributed by atoms with van der Waals surface area (Å²) in [5, 5.41) is 11.5. The molecule has 0 saturated carbocycles. The van der Waals surface area contributed by atoms with Crippen LogP contribution in [0.2, 0.25) is 0 Å². The number of ether oxygens (including phenoxy) is 2. The molecule has 1 amide bonds. The summed E-state index contributed by atoms with van der Waals surface area (Å²) in [6, 6.07) is 13.2. The van der Waals surface area contributed by atoms with Crippen LogP contribution in [0.15, 0.2) is 48.5 Å². The van der Waals surface area contributed by atoms with E-state index in [1.54, 1.807) is 55.5 Å². The van der Waals surface area contributed by atoms with E-state index in [4.69, 9.17) is 14.6 Å². The number of carboxylic acids is 1. The van der Waals surface area contributed by atoms with Crippen LogP contribution in [0.3, 0.4) is 0 Å². The van der Waals surface area contributed by atoms with Crippen molar-refractivity contribution in [3.63, 3.8) is 0 Å². The van der Waals surface area contributed by atoms with E-state index in [9.17, 15) is 14.4 Å². The maximum absolute atomic E-state index is 12.4. The molecule has 7 heteroatoms. The first kappa shape index (κ1) is 21.0. The van der Waals surface area contributed by atoms with E-state index in [1.165, 1.54) is 6.92 Å². The molecule has 2 N–H and O–H groups in total. The molecule has 2 aromatic carbocycles. The van der Waals surface area contributed by atoms with Crippen molar-refractivity contribution in [2.75, 3.05) is 6.61 Å². The molecule has 2 rings (SSSR count). The minimum Gasteiger partial charge on any atom is -0.482 e. The highest BCUT2D eigenvalue weighted by Gasteiger charge is 2.18. The summed E-state index contributed by atoms with van der Waals surface area (Å²) in [5.41, 5.74) is 1.35. The summed E-state index contributed by atoms with van der Waals surface area (Å²) < 4.78 is 10.7. The van der Waals surface area contributed by atoms with Crippen molar-refractivity contribution < 1.29 is 29.0 Å². The lowest BCUT2D eigenvalue weighted by Gasteiger charge is -2.19. The SMILES string of the molecule is CC(=O)c1cccc(OC(C)C(=O)NC(C)c2ccc(OCC(=O)O)cc2)c1. The van der Waals surface area contributed by atoms with E-state index in [1.807, 2.05) is 6.92 Å². The Morgan fingerprint density at radius 3 is 2.32 bits per heavy atom. The lowest BCUT2D eigenvalue weighted by Crippen LogP contribution is -2.37. The van der Waals surface area contributed by atoms with Crippen molar-refractivity contribution in [2.45, 2.75) is 32.9 Å². The second-order valence-electron chi connectivity index (χ2n) is 6.33. The first-order chi connectivity index (χ1) is 13.3. The summed E-state index contributed by atoms with van der Waals surface area (Å²) in [5.74, 6) is -0.541. The van der Waals surface area contributed by atoms with E-state index < -0.39 is 18.7 Å². The number of carboxylic acid groups (broad SMARTS) is 1. The van der Waals surface area contributed by atoms with Crippen LogP contribution in [0.4, 0.5) is 0 Å². The Kier molecular flexibility index (Phi) is 7.14. The van der Waals surface area contributed by atoms with Crippen LogP contribution in [-0.4, -0.2) is 35.5 Å². The van der Waals surface area contributed by atoms with E-state index in [-0.39, 0.29) is 17.7 Å². The third-order valence-electron chi connectivity index (χ3n) is 4.02. The van der Waals surface area contributed by atoms with Gasteiger partial charge in [-0.25, -0.2) is 4.79 Å². The Labute approximate surface area is 163 Å². The first-order valence-corrected chi connectivity index (χ1v) is 8.79. The molecule has 0 aliphatic heterocycles. The number of rotatable bonds is 9. The molecule has 7 nitrogen and oxygen atoms in total. The third-order valence-corrected chi connectivity index (χ3v) is 4.02. The van der Waals surface area contributed by atoms with Crippen LogP contribution < -0.4 is 14.8 Å². The monoisotopic (exact) mass is 385 g/mol. The molecule has 0 bridgehead atoms. The average Bonchev–Trinajstić information content (AvgIpc) is 2.66. The number of hydrogen-bond acceptors (Lipinski definition) is 5. The summed E-state index contributed by atoms with van der Waals surface area (Å²) in [6.07, 6.45) is -0.747. The summed E-state index contributed by atoms with van der Waals surface area (Å²) in [7, 11) is 0. The normalized spacial score (nSPS) is 12.5. The predicted molar refractivity (Wildman–Crippen MR) is 103 cm³/mol. The zero-order valence-electron chi connectivity index (χ0n) is 16.0. The number of aliphatic carboxylic acids is 1. The molecule has 0 heterocycles. The van der Waals surface area contributed by atoms with Crippen molar-refractivity contribution in [2.24, 2.45) is 0 Å². The Balaban J connectivity index is 1.93. The topological polar surface area (TPSA) is 102 Å². The zero-order chi connectivity index (χ0) is 20.7.